The lowest BCUT2D eigenvalue weighted by molar-refractivity contribution is 0.868. The van der Waals surface area contributed by atoms with Gasteiger partial charge in [0.2, 0.25) is 0 Å². The summed E-state index contributed by atoms with van der Waals surface area (Å²) < 4.78 is 0. The molecule has 2 aromatic rings. The molecule has 0 aliphatic carbocycles. The summed E-state index contributed by atoms with van der Waals surface area (Å²) >= 11 is 0. The van der Waals surface area contributed by atoms with Gasteiger partial charge in [-0.3, -0.25) is 4.79 Å². The highest BCUT2D eigenvalue weighted by molar-refractivity contribution is 5.73. The van der Waals surface area contributed by atoms with Crippen LogP contribution in [0.1, 0.15) is 25.3 Å². The van der Waals surface area contributed by atoms with Crippen molar-refractivity contribution < 1.29 is 0 Å². The molecule has 4 heteroatoms. The first-order chi connectivity index (χ1) is 6.68. The fourth-order valence-electron chi connectivity index (χ4n) is 1.45. The van der Waals surface area contributed by atoms with E-state index in [-0.39, 0.29) is 5.56 Å². The van der Waals surface area contributed by atoms with Crippen LogP contribution in [0.5, 0.6) is 0 Å². The van der Waals surface area contributed by atoms with Crippen molar-refractivity contribution in [3.8, 4) is 0 Å². The van der Waals surface area contributed by atoms with Crippen LogP contribution in [-0.4, -0.2) is 15.0 Å². The van der Waals surface area contributed by atoms with Crippen LogP contribution in [0.25, 0.3) is 11.2 Å². The Morgan fingerprint density at radius 2 is 2.14 bits per heavy atom. The number of hydrogen-bond donors (Lipinski definition) is 1. The predicted octanol–water partition coefficient (Wildman–Crippen LogP) is 1.44. The normalized spacial score (nSPS) is 11.1. The minimum Gasteiger partial charge on any atom is -0.318 e. The predicted molar refractivity (Wildman–Crippen MR) is 54.2 cm³/mol. The highest BCUT2D eigenvalue weighted by Crippen LogP contribution is 2.19. The Bertz CT molecular complexity index is 516. The zero-order valence-corrected chi connectivity index (χ0v) is 8.11. The van der Waals surface area contributed by atoms with Crippen molar-refractivity contribution in [2.24, 2.45) is 0 Å². The number of nitrogens with zero attached hydrogens (tertiary/aromatic N) is 2. The zero-order valence-electron chi connectivity index (χ0n) is 8.11. The molecule has 0 radical (unpaired) electrons. The summed E-state index contributed by atoms with van der Waals surface area (Å²) in [4.78, 5) is 21.9. The van der Waals surface area contributed by atoms with E-state index in [1.807, 2.05) is 6.07 Å². The summed E-state index contributed by atoms with van der Waals surface area (Å²) in [5.74, 6) is 0.348. The molecule has 2 rings (SSSR count). The van der Waals surface area contributed by atoms with Crippen molar-refractivity contribution in [2.75, 3.05) is 0 Å². The number of rotatable bonds is 1. The Hall–Kier alpha value is -1.71. The Balaban J connectivity index is 2.84. The maximum absolute atomic E-state index is 11.1. The number of fused-ring (bicyclic) bond motifs is 1. The monoisotopic (exact) mass is 189 g/mol. The first-order valence-electron chi connectivity index (χ1n) is 4.52. The van der Waals surface area contributed by atoms with Gasteiger partial charge in [0, 0.05) is 6.20 Å². The van der Waals surface area contributed by atoms with Gasteiger partial charge < -0.3 is 4.98 Å². The summed E-state index contributed by atoms with van der Waals surface area (Å²) in [6, 6.07) is 1.91. The van der Waals surface area contributed by atoms with E-state index in [2.05, 4.69) is 28.8 Å². The lowest BCUT2D eigenvalue weighted by atomic mass is 10.0. The molecule has 14 heavy (non-hydrogen) atoms. The molecule has 0 fully saturated rings. The second kappa shape index (κ2) is 3.21. The lowest BCUT2D eigenvalue weighted by Crippen LogP contribution is -2.07. The summed E-state index contributed by atoms with van der Waals surface area (Å²) in [7, 11) is 0. The third kappa shape index (κ3) is 1.39. The molecule has 0 aliphatic heterocycles. The van der Waals surface area contributed by atoms with Gasteiger partial charge >= 0.3 is 0 Å². The van der Waals surface area contributed by atoms with Crippen LogP contribution in [0.3, 0.4) is 0 Å². The van der Waals surface area contributed by atoms with Gasteiger partial charge in [0.1, 0.15) is 0 Å². The Morgan fingerprint density at radius 3 is 2.86 bits per heavy atom. The molecule has 0 atom stereocenters. The molecule has 4 nitrogen and oxygen atoms in total. The number of H-pyrrole nitrogens is 1. The third-order valence-corrected chi connectivity index (χ3v) is 2.14. The highest BCUT2D eigenvalue weighted by Gasteiger charge is 2.06. The van der Waals surface area contributed by atoms with Crippen molar-refractivity contribution in [1.82, 2.24) is 15.0 Å². The number of aromatic amines is 1. The van der Waals surface area contributed by atoms with Crippen LogP contribution in [0.15, 0.2) is 23.3 Å². The van der Waals surface area contributed by atoms with Crippen molar-refractivity contribution in [2.45, 2.75) is 19.8 Å². The highest BCUT2D eigenvalue weighted by atomic mass is 16.1. The molecule has 0 saturated carbocycles. The molecule has 2 aromatic heterocycles. The standard InChI is InChI=1S/C10H11N3O/c1-6(2)7-3-4-11-10-9(7)13-8(14)5-12-10/h3-6H,1-2H3,(H,13,14). The van der Waals surface area contributed by atoms with E-state index in [4.69, 9.17) is 0 Å². The van der Waals surface area contributed by atoms with Crippen LogP contribution in [0, 0.1) is 0 Å². The van der Waals surface area contributed by atoms with E-state index in [1.54, 1.807) is 6.20 Å². The van der Waals surface area contributed by atoms with Gasteiger partial charge in [0.15, 0.2) is 5.65 Å². The molecule has 0 amide bonds. The molecule has 0 unspecified atom stereocenters. The molecule has 0 spiro atoms. The minimum atomic E-state index is -0.188. The van der Waals surface area contributed by atoms with Crippen LogP contribution in [0.2, 0.25) is 0 Å². The van der Waals surface area contributed by atoms with Crippen LogP contribution < -0.4 is 5.56 Å². The van der Waals surface area contributed by atoms with Gasteiger partial charge in [-0.2, -0.15) is 0 Å². The van der Waals surface area contributed by atoms with Gasteiger partial charge in [-0.15, -0.1) is 0 Å². The second-order valence-corrected chi connectivity index (χ2v) is 3.50. The largest absolute Gasteiger partial charge is 0.318 e. The number of aromatic nitrogens is 3. The molecule has 72 valence electrons. The molecule has 0 saturated heterocycles. The van der Waals surface area contributed by atoms with E-state index >= 15 is 0 Å². The summed E-state index contributed by atoms with van der Waals surface area (Å²) in [5.41, 5.74) is 2.22. The molecule has 1 N–H and O–H groups in total. The van der Waals surface area contributed by atoms with E-state index in [0.29, 0.717) is 11.6 Å². The fourth-order valence-corrected chi connectivity index (χ4v) is 1.45. The van der Waals surface area contributed by atoms with E-state index in [1.165, 1.54) is 6.20 Å². The lowest BCUT2D eigenvalue weighted by Gasteiger charge is -2.07. The molecular formula is C10H11N3O. The molecule has 0 aromatic carbocycles. The Morgan fingerprint density at radius 1 is 1.36 bits per heavy atom. The van der Waals surface area contributed by atoms with Crippen LogP contribution >= 0.6 is 0 Å². The quantitative estimate of drug-likeness (QED) is 0.738. The zero-order chi connectivity index (χ0) is 10.1. The van der Waals surface area contributed by atoms with Gasteiger partial charge in [-0.1, -0.05) is 13.8 Å². The maximum Gasteiger partial charge on any atom is 0.267 e. The summed E-state index contributed by atoms with van der Waals surface area (Å²) in [5, 5.41) is 0. The average Bonchev–Trinajstić information content (AvgIpc) is 2.16. The van der Waals surface area contributed by atoms with Crippen molar-refractivity contribution in [1.29, 1.82) is 0 Å². The minimum absolute atomic E-state index is 0.188. The maximum atomic E-state index is 11.1. The van der Waals surface area contributed by atoms with Gasteiger partial charge in [0.25, 0.3) is 5.56 Å². The van der Waals surface area contributed by atoms with Crippen molar-refractivity contribution >= 4 is 11.2 Å². The first-order valence-corrected chi connectivity index (χ1v) is 4.52. The van der Waals surface area contributed by atoms with Crippen molar-refractivity contribution in [3.63, 3.8) is 0 Å². The topological polar surface area (TPSA) is 58.6 Å². The van der Waals surface area contributed by atoms with Gasteiger partial charge in [0.05, 0.1) is 11.7 Å². The molecular weight excluding hydrogens is 178 g/mol. The van der Waals surface area contributed by atoms with E-state index < -0.39 is 0 Å². The molecule has 2 heterocycles. The van der Waals surface area contributed by atoms with E-state index in [0.717, 1.165) is 11.1 Å². The summed E-state index contributed by atoms with van der Waals surface area (Å²) in [6.45, 7) is 4.14. The second-order valence-electron chi connectivity index (χ2n) is 3.50. The average molecular weight is 189 g/mol. The third-order valence-electron chi connectivity index (χ3n) is 2.14. The SMILES string of the molecule is CC(C)c1ccnc2ncc(=O)[nH]c12. The molecule has 0 aliphatic rings. The smallest absolute Gasteiger partial charge is 0.267 e. The number of hydrogen-bond acceptors (Lipinski definition) is 3. The fraction of sp³-hybridized carbons (Fsp3) is 0.300. The van der Waals surface area contributed by atoms with E-state index in [9.17, 15) is 4.79 Å². The van der Waals surface area contributed by atoms with Crippen LogP contribution in [-0.2, 0) is 0 Å². The van der Waals surface area contributed by atoms with Crippen molar-refractivity contribution in [3.05, 3.63) is 34.4 Å². The first kappa shape index (κ1) is 8.87. The van der Waals surface area contributed by atoms with Crippen LogP contribution in [0.4, 0.5) is 0 Å². The summed E-state index contributed by atoms with van der Waals surface area (Å²) in [6.07, 6.45) is 2.96. The Kier molecular flexibility index (Phi) is 2.04. The number of nitrogens with one attached hydrogen (secondary N) is 1. The van der Waals surface area contributed by atoms with Gasteiger partial charge in [-0.05, 0) is 17.5 Å². The Labute approximate surface area is 81.0 Å². The molecule has 0 bridgehead atoms. The number of pyridine rings is 1. The van der Waals surface area contributed by atoms with Gasteiger partial charge in [-0.25, -0.2) is 9.97 Å².